The van der Waals surface area contributed by atoms with Gasteiger partial charge in [-0.25, -0.2) is 4.79 Å². The predicted molar refractivity (Wildman–Crippen MR) is 94.9 cm³/mol. The Labute approximate surface area is 153 Å². The van der Waals surface area contributed by atoms with Crippen molar-refractivity contribution >= 4 is 29.2 Å². The van der Waals surface area contributed by atoms with E-state index in [0.29, 0.717) is 22.9 Å². The molecule has 0 heterocycles. The van der Waals surface area contributed by atoms with Crippen LogP contribution in [-0.4, -0.2) is 24.3 Å². The molecule has 1 N–H and O–H groups in total. The average molecular weight is 375 g/mol. The molecule has 6 heteroatoms. The van der Waals surface area contributed by atoms with E-state index in [0.717, 1.165) is 31.2 Å². The van der Waals surface area contributed by atoms with E-state index in [2.05, 4.69) is 13.8 Å². The SMILES string of the molecule is CCCC1(CC)Cc2cc(OCC(=O)OCC)c(Cl)c(Cl)c2C1O. The summed E-state index contributed by atoms with van der Waals surface area (Å²) in [5.74, 6) is -0.108. The minimum absolute atomic E-state index is 0.218. The molecule has 134 valence electrons. The Morgan fingerprint density at radius 2 is 2.04 bits per heavy atom. The smallest absolute Gasteiger partial charge is 0.344 e. The van der Waals surface area contributed by atoms with Crippen molar-refractivity contribution in [3.8, 4) is 5.75 Å². The molecule has 0 fully saturated rings. The van der Waals surface area contributed by atoms with Crippen LogP contribution in [0.5, 0.6) is 5.75 Å². The molecular weight excluding hydrogens is 351 g/mol. The van der Waals surface area contributed by atoms with E-state index in [1.807, 2.05) is 0 Å². The topological polar surface area (TPSA) is 55.8 Å². The highest BCUT2D eigenvalue weighted by molar-refractivity contribution is 6.43. The lowest BCUT2D eigenvalue weighted by Gasteiger charge is -2.31. The average Bonchev–Trinajstić information content (AvgIpc) is 2.83. The first-order chi connectivity index (χ1) is 11.4. The van der Waals surface area contributed by atoms with Crippen LogP contribution >= 0.6 is 23.2 Å². The third kappa shape index (κ3) is 3.51. The molecule has 1 aromatic carbocycles. The fraction of sp³-hybridized carbons (Fsp3) is 0.611. The van der Waals surface area contributed by atoms with E-state index in [-0.39, 0.29) is 17.0 Å². The Morgan fingerprint density at radius 3 is 2.62 bits per heavy atom. The summed E-state index contributed by atoms with van der Waals surface area (Å²) in [7, 11) is 0. The Hall–Kier alpha value is -0.970. The third-order valence-electron chi connectivity index (χ3n) is 4.80. The standard InChI is InChI=1S/C18H24Cl2O4/c1-4-7-18(5-2)9-11-8-12(24-10-13(21)23-6-3)15(19)16(20)14(11)17(18)22/h8,17,22H,4-7,9-10H2,1-3H3. The van der Waals surface area contributed by atoms with Crippen LogP contribution in [0.4, 0.5) is 0 Å². The highest BCUT2D eigenvalue weighted by atomic mass is 35.5. The number of esters is 1. The number of aliphatic hydroxyl groups excluding tert-OH is 1. The van der Waals surface area contributed by atoms with Crippen LogP contribution in [0.15, 0.2) is 6.07 Å². The number of carbonyl (C=O) groups excluding carboxylic acids is 1. The number of ether oxygens (including phenoxy) is 2. The zero-order valence-corrected chi connectivity index (χ0v) is 15.8. The molecule has 1 aromatic rings. The molecular formula is C18H24Cl2O4. The molecule has 2 rings (SSSR count). The van der Waals surface area contributed by atoms with E-state index in [1.165, 1.54) is 0 Å². The molecule has 0 saturated heterocycles. The van der Waals surface area contributed by atoms with Crippen LogP contribution in [0.1, 0.15) is 57.3 Å². The van der Waals surface area contributed by atoms with Gasteiger partial charge in [-0.1, -0.05) is 43.5 Å². The molecule has 0 saturated carbocycles. The van der Waals surface area contributed by atoms with Crippen LogP contribution in [0.3, 0.4) is 0 Å². The highest BCUT2D eigenvalue weighted by Crippen LogP contribution is 2.55. The Bertz CT molecular complexity index is 618. The zero-order chi connectivity index (χ0) is 17.9. The van der Waals surface area contributed by atoms with Gasteiger partial charge in [-0.3, -0.25) is 0 Å². The largest absolute Gasteiger partial charge is 0.480 e. The van der Waals surface area contributed by atoms with Gasteiger partial charge in [-0.05, 0) is 37.8 Å². The van der Waals surface area contributed by atoms with Gasteiger partial charge in [0.1, 0.15) is 10.8 Å². The lowest BCUT2D eigenvalue weighted by molar-refractivity contribution is -0.145. The molecule has 2 atom stereocenters. The second kappa shape index (κ2) is 7.94. The van der Waals surface area contributed by atoms with Crippen LogP contribution in [0.25, 0.3) is 0 Å². The summed E-state index contributed by atoms with van der Waals surface area (Å²) in [5.41, 5.74) is 1.41. The molecule has 0 radical (unpaired) electrons. The van der Waals surface area contributed by atoms with Crippen LogP contribution < -0.4 is 4.74 Å². The van der Waals surface area contributed by atoms with Crippen LogP contribution in [0, 0.1) is 5.41 Å². The molecule has 4 nitrogen and oxygen atoms in total. The second-order valence-corrected chi connectivity index (χ2v) is 6.97. The van der Waals surface area contributed by atoms with Crippen molar-refractivity contribution in [2.45, 2.75) is 52.6 Å². The van der Waals surface area contributed by atoms with E-state index >= 15 is 0 Å². The summed E-state index contributed by atoms with van der Waals surface area (Å²) in [6, 6.07) is 1.79. The number of fused-ring (bicyclic) bond motifs is 1. The predicted octanol–water partition coefficient (Wildman–Crippen LogP) is 4.72. The molecule has 1 aliphatic rings. The number of aliphatic hydroxyl groups is 1. The van der Waals surface area contributed by atoms with Crippen LogP contribution in [0.2, 0.25) is 10.0 Å². The maximum atomic E-state index is 11.5. The molecule has 24 heavy (non-hydrogen) atoms. The van der Waals surface area contributed by atoms with Gasteiger partial charge in [0.25, 0.3) is 0 Å². The van der Waals surface area contributed by atoms with Crippen molar-refractivity contribution < 1.29 is 19.4 Å². The van der Waals surface area contributed by atoms with Gasteiger partial charge >= 0.3 is 5.97 Å². The maximum Gasteiger partial charge on any atom is 0.344 e. The first-order valence-corrected chi connectivity index (χ1v) is 9.13. The quantitative estimate of drug-likeness (QED) is 0.701. The summed E-state index contributed by atoms with van der Waals surface area (Å²) in [5, 5.41) is 11.4. The van der Waals surface area contributed by atoms with Crippen molar-refractivity contribution in [3.05, 3.63) is 27.2 Å². The Morgan fingerprint density at radius 1 is 1.33 bits per heavy atom. The summed E-state index contributed by atoms with van der Waals surface area (Å²) in [6.07, 6.45) is 2.83. The molecule has 1 aliphatic carbocycles. The van der Waals surface area contributed by atoms with Crippen molar-refractivity contribution in [2.75, 3.05) is 13.2 Å². The van der Waals surface area contributed by atoms with Crippen LogP contribution in [-0.2, 0) is 16.0 Å². The van der Waals surface area contributed by atoms with E-state index in [9.17, 15) is 9.90 Å². The Balaban J connectivity index is 2.31. The summed E-state index contributed by atoms with van der Waals surface area (Å²) in [4.78, 5) is 11.5. The number of hydrogen-bond acceptors (Lipinski definition) is 4. The zero-order valence-electron chi connectivity index (χ0n) is 14.3. The van der Waals surface area contributed by atoms with Gasteiger partial charge in [0.05, 0.1) is 17.7 Å². The fourth-order valence-corrected chi connectivity index (χ4v) is 4.08. The summed E-state index contributed by atoms with van der Waals surface area (Å²) in [6.45, 7) is 5.99. The van der Waals surface area contributed by atoms with Crippen molar-refractivity contribution in [2.24, 2.45) is 5.41 Å². The van der Waals surface area contributed by atoms with Crippen molar-refractivity contribution in [3.63, 3.8) is 0 Å². The normalized spacial score (nSPS) is 22.3. The fourth-order valence-electron chi connectivity index (χ4n) is 3.55. The first-order valence-electron chi connectivity index (χ1n) is 8.37. The lowest BCUT2D eigenvalue weighted by atomic mass is 9.76. The minimum atomic E-state index is -0.637. The van der Waals surface area contributed by atoms with Crippen molar-refractivity contribution in [1.29, 1.82) is 0 Å². The summed E-state index contributed by atoms with van der Waals surface area (Å²) >= 11 is 12.7. The minimum Gasteiger partial charge on any atom is -0.480 e. The van der Waals surface area contributed by atoms with Gasteiger partial charge in [0.2, 0.25) is 0 Å². The van der Waals surface area contributed by atoms with E-state index in [1.54, 1.807) is 13.0 Å². The van der Waals surface area contributed by atoms with Gasteiger partial charge in [-0.15, -0.1) is 0 Å². The molecule has 0 aliphatic heterocycles. The second-order valence-electron chi connectivity index (χ2n) is 6.21. The van der Waals surface area contributed by atoms with Gasteiger partial charge < -0.3 is 14.6 Å². The third-order valence-corrected chi connectivity index (χ3v) is 5.66. The lowest BCUT2D eigenvalue weighted by Crippen LogP contribution is -2.25. The van der Waals surface area contributed by atoms with Gasteiger partial charge in [-0.2, -0.15) is 0 Å². The number of rotatable bonds is 7. The number of halogens is 2. The molecule has 0 amide bonds. The van der Waals surface area contributed by atoms with Crippen molar-refractivity contribution in [1.82, 2.24) is 0 Å². The van der Waals surface area contributed by atoms with Gasteiger partial charge in [0, 0.05) is 11.0 Å². The van der Waals surface area contributed by atoms with E-state index in [4.69, 9.17) is 32.7 Å². The number of hydrogen-bond donors (Lipinski definition) is 1. The monoisotopic (exact) mass is 374 g/mol. The molecule has 0 bridgehead atoms. The number of carbonyl (C=O) groups is 1. The maximum absolute atomic E-state index is 11.5. The summed E-state index contributed by atoms with van der Waals surface area (Å²) < 4.78 is 10.3. The van der Waals surface area contributed by atoms with Gasteiger partial charge in [0.15, 0.2) is 6.61 Å². The number of benzene rings is 1. The molecule has 2 unspecified atom stereocenters. The molecule has 0 spiro atoms. The first kappa shape index (κ1) is 19.4. The molecule has 0 aromatic heterocycles. The Kier molecular flexibility index (Phi) is 6.40. The highest BCUT2D eigenvalue weighted by Gasteiger charge is 2.45. The van der Waals surface area contributed by atoms with E-state index < -0.39 is 12.1 Å².